The molecule has 1 aromatic rings. The van der Waals surface area contributed by atoms with E-state index in [9.17, 15) is 4.79 Å². The predicted octanol–water partition coefficient (Wildman–Crippen LogP) is 3.50. The Morgan fingerprint density at radius 1 is 1.18 bits per heavy atom. The molecule has 0 unspecified atom stereocenters. The van der Waals surface area contributed by atoms with E-state index in [0.29, 0.717) is 0 Å². The monoisotopic (exact) mass is 246 g/mol. The van der Waals surface area contributed by atoms with Crippen LogP contribution in [0.4, 0.5) is 0 Å². The molecule has 0 spiro atoms. The molecule has 1 aromatic heterocycles. The minimum Gasteiger partial charge on any atom is -0.385 e. The van der Waals surface area contributed by atoms with Gasteiger partial charge in [0.1, 0.15) is 0 Å². The van der Waals surface area contributed by atoms with Crippen molar-refractivity contribution in [1.82, 2.24) is 9.97 Å². The molecule has 0 fully saturated rings. The van der Waals surface area contributed by atoms with Gasteiger partial charge in [0.05, 0.1) is 0 Å². The van der Waals surface area contributed by atoms with Gasteiger partial charge >= 0.3 is 5.69 Å². The van der Waals surface area contributed by atoms with Crippen LogP contribution in [-0.2, 0) is 4.74 Å². The molecular formula is C13H30N2O2. The maximum absolute atomic E-state index is 10.1. The van der Waals surface area contributed by atoms with Crippen LogP contribution in [0.25, 0.3) is 0 Å². The summed E-state index contributed by atoms with van der Waals surface area (Å²) in [5.74, 6) is 0. The second kappa shape index (κ2) is 36.4. The number of H-pyrrole nitrogens is 1. The molecule has 0 amide bonds. The van der Waals surface area contributed by atoms with E-state index in [0.717, 1.165) is 6.61 Å². The average molecular weight is 246 g/mol. The number of nitrogens with one attached hydrogen (secondary N) is 1. The van der Waals surface area contributed by atoms with E-state index in [2.05, 4.69) is 14.7 Å². The van der Waals surface area contributed by atoms with Gasteiger partial charge < -0.3 is 9.72 Å². The lowest BCUT2D eigenvalue weighted by molar-refractivity contribution is 0.215. The number of nitrogens with zero attached hydrogens (tertiary/aromatic N) is 1. The molecule has 0 aliphatic rings. The molecule has 17 heavy (non-hydrogen) atoms. The maximum Gasteiger partial charge on any atom is 0.344 e. The second-order valence-corrected chi connectivity index (χ2v) is 1.66. The maximum atomic E-state index is 10.1. The quantitative estimate of drug-likeness (QED) is 0.825. The number of rotatable bonds is 1. The highest BCUT2D eigenvalue weighted by atomic mass is 16.5. The first-order chi connectivity index (χ1) is 8.31. The summed E-state index contributed by atoms with van der Waals surface area (Å²) in [5.41, 5.74) is -0.303. The molecule has 0 atom stereocenters. The summed E-state index contributed by atoms with van der Waals surface area (Å²) in [5, 5.41) is 0. The largest absolute Gasteiger partial charge is 0.385 e. The fourth-order valence-electron chi connectivity index (χ4n) is 0.310. The van der Waals surface area contributed by atoms with Crippen LogP contribution in [0.2, 0.25) is 0 Å². The van der Waals surface area contributed by atoms with Crippen molar-refractivity contribution in [3.8, 4) is 0 Å². The zero-order valence-electron chi connectivity index (χ0n) is 12.7. The molecule has 0 saturated heterocycles. The van der Waals surface area contributed by atoms with Crippen molar-refractivity contribution in [1.29, 1.82) is 0 Å². The standard InChI is InChI=1S/C4H4N2O.C3H8O.3C2H6/c7-4-5-2-1-3-6-4;1-3-4-2;3*1-2/h1-3H,(H,5,6,7);3H2,1-2H3;3*1-2H3. The summed E-state index contributed by atoms with van der Waals surface area (Å²) < 4.78 is 4.54. The second-order valence-electron chi connectivity index (χ2n) is 1.66. The van der Waals surface area contributed by atoms with E-state index in [4.69, 9.17) is 0 Å². The molecule has 0 radical (unpaired) electrons. The van der Waals surface area contributed by atoms with E-state index in [-0.39, 0.29) is 5.69 Å². The van der Waals surface area contributed by atoms with E-state index in [1.807, 2.05) is 48.5 Å². The van der Waals surface area contributed by atoms with Crippen LogP contribution in [0, 0.1) is 0 Å². The van der Waals surface area contributed by atoms with Crippen molar-refractivity contribution in [3.05, 3.63) is 28.9 Å². The van der Waals surface area contributed by atoms with Gasteiger partial charge in [-0.2, -0.15) is 0 Å². The third kappa shape index (κ3) is 39.8. The molecule has 0 aliphatic carbocycles. The molecule has 104 valence electrons. The minimum atomic E-state index is -0.303. The van der Waals surface area contributed by atoms with Gasteiger partial charge in [-0.3, -0.25) is 0 Å². The number of aromatic nitrogens is 2. The van der Waals surface area contributed by atoms with E-state index in [1.165, 1.54) is 12.4 Å². The molecule has 0 bridgehead atoms. The van der Waals surface area contributed by atoms with Crippen LogP contribution in [0.15, 0.2) is 23.3 Å². The predicted molar refractivity (Wildman–Crippen MR) is 76.5 cm³/mol. The molecule has 1 heterocycles. The lowest BCUT2D eigenvalue weighted by atomic mass is 10.7. The molecule has 1 rings (SSSR count). The highest BCUT2D eigenvalue weighted by molar-refractivity contribution is 4.75. The first-order valence-corrected chi connectivity index (χ1v) is 6.30. The number of aromatic amines is 1. The Morgan fingerprint density at radius 2 is 1.59 bits per heavy atom. The third-order valence-corrected chi connectivity index (χ3v) is 0.870. The van der Waals surface area contributed by atoms with Gasteiger partial charge in [-0.1, -0.05) is 41.5 Å². The fraction of sp³-hybridized carbons (Fsp3) is 0.692. The lowest BCUT2D eigenvalue weighted by Crippen LogP contribution is -2.05. The lowest BCUT2D eigenvalue weighted by Gasteiger charge is -1.76. The molecule has 1 N–H and O–H groups in total. The molecule has 0 aromatic carbocycles. The normalized spacial score (nSPS) is 6.35. The van der Waals surface area contributed by atoms with Crippen molar-refractivity contribution >= 4 is 0 Å². The fourth-order valence-corrected chi connectivity index (χ4v) is 0.310. The Bertz CT molecular complexity index is 205. The summed E-state index contributed by atoms with van der Waals surface area (Å²) in [6, 6.07) is 1.65. The van der Waals surface area contributed by atoms with Crippen LogP contribution < -0.4 is 5.69 Å². The van der Waals surface area contributed by atoms with E-state index >= 15 is 0 Å². The summed E-state index contributed by atoms with van der Waals surface area (Å²) in [6.45, 7) is 14.8. The first kappa shape index (κ1) is 24.9. The van der Waals surface area contributed by atoms with Crippen LogP contribution in [0.3, 0.4) is 0 Å². The van der Waals surface area contributed by atoms with Gasteiger partial charge in [0.2, 0.25) is 0 Å². The van der Waals surface area contributed by atoms with Gasteiger partial charge in [-0.05, 0) is 13.0 Å². The summed E-state index contributed by atoms with van der Waals surface area (Å²) in [7, 11) is 1.68. The Hall–Kier alpha value is -1.16. The molecule has 0 aliphatic heterocycles. The topological polar surface area (TPSA) is 55.0 Å². The Labute approximate surface area is 106 Å². The van der Waals surface area contributed by atoms with Crippen LogP contribution in [0.1, 0.15) is 48.5 Å². The molecule has 4 nitrogen and oxygen atoms in total. The molecule has 4 heteroatoms. The highest BCUT2D eigenvalue weighted by Crippen LogP contribution is 1.61. The third-order valence-electron chi connectivity index (χ3n) is 0.870. The summed E-state index contributed by atoms with van der Waals surface area (Å²) in [6.07, 6.45) is 2.98. The minimum absolute atomic E-state index is 0.303. The highest BCUT2D eigenvalue weighted by Gasteiger charge is 1.70. The zero-order chi connectivity index (χ0) is 14.5. The number of hydrogen-bond donors (Lipinski definition) is 1. The zero-order valence-corrected chi connectivity index (χ0v) is 12.7. The molecule has 0 saturated carbocycles. The number of ether oxygens (including phenoxy) is 1. The average Bonchev–Trinajstić information content (AvgIpc) is 2.46. The van der Waals surface area contributed by atoms with E-state index in [1.54, 1.807) is 13.2 Å². The van der Waals surface area contributed by atoms with Crippen molar-refractivity contribution in [2.45, 2.75) is 48.5 Å². The van der Waals surface area contributed by atoms with Crippen molar-refractivity contribution in [2.24, 2.45) is 0 Å². The number of hydrogen-bond acceptors (Lipinski definition) is 3. The van der Waals surface area contributed by atoms with Gasteiger partial charge in [-0.15, -0.1) is 0 Å². The van der Waals surface area contributed by atoms with Crippen molar-refractivity contribution in [2.75, 3.05) is 13.7 Å². The SMILES string of the molecule is CC.CC.CC.CCOC.O=c1nccc[nH]1. The van der Waals surface area contributed by atoms with Gasteiger partial charge in [-0.25, -0.2) is 9.78 Å². The van der Waals surface area contributed by atoms with Crippen molar-refractivity contribution < 1.29 is 4.74 Å². The summed E-state index contributed by atoms with van der Waals surface area (Å²) in [4.78, 5) is 15.8. The summed E-state index contributed by atoms with van der Waals surface area (Å²) >= 11 is 0. The van der Waals surface area contributed by atoms with Gasteiger partial charge in [0.25, 0.3) is 0 Å². The molecular weight excluding hydrogens is 216 g/mol. The Kier molecular flexibility index (Phi) is 53.2. The first-order valence-electron chi connectivity index (χ1n) is 6.30. The van der Waals surface area contributed by atoms with Gasteiger partial charge in [0, 0.05) is 26.1 Å². The van der Waals surface area contributed by atoms with Gasteiger partial charge in [0.15, 0.2) is 0 Å². The van der Waals surface area contributed by atoms with Crippen LogP contribution >= 0.6 is 0 Å². The number of methoxy groups -OCH3 is 1. The smallest absolute Gasteiger partial charge is 0.344 e. The van der Waals surface area contributed by atoms with Crippen LogP contribution in [-0.4, -0.2) is 23.7 Å². The van der Waals surface area contributed by atoms with Crippen molar-refractivity contribution in [3.63, 3.8) is 0 Å². The Morgan fingerprint density at radius 3 is 1.71 bits per heavy atom. The van der Waals surface area contributed by atoms with Crippen LogP contribution in [0.5, 0.6) is 0 Å². The van der Waals surface area contributed by atoms with E-state index < -0.39 is 0 Å². The Balaban J connectivity index is -0.0000000735.